The Morgan fingerprint density at radius 3 is 2.23 bits per heavy atom. The van der Waals surface area contributed by atoms with Gasteiger partial charge in [-0.2, -0.15) is 0 Å². The van der Waals surface area contributed by atoms with Gasteiger partial charge >= 0.3 is 5.97 Å². The number of anilines is 1. The molecular formula is C18H21NO3. The number of rotatable bonds is 8. The van der Waals surface area contributed by atoms with Gasteiger partial charge < -0.3 is 14.7 Å². The van der Waals surface area contributed by atoms with E-state index in [2.05, 4.69) is 11.8 Å². The predicted octanol–water partition coefficient (Wildman–Crippen LogP) is 4.17. The van der Waals surface area contributed by atoms with E-state index in [1.54, 1.807) is 0 Å². The summed E-state index contributed by atoms with van der Waals surface area (Å²) in [7, 11) is 0. The highest BCUT2D eigenvalue weighted by Crippen LogP contribution is 2.24. The van der Waals surface area contributed by atoms with Gasteiger partial charge in [0.1, 0.15) is 11.5 Å². The van der Waals surface area contributed by atoms with Crippen LogP contribution in [0.5, 0.6) is 11.5 Å². The Morgan fingerprint density at radius 2 is 1.64 bits per heavy atom. The number of ether oxygens (including phenoxy) is 1. The second-order valence-corrected chi connectivity index (χ2v) is 5.04. The lowest BCUT2D eigenvalue weighted by molar-refractivity contribution is -0.136. The summed E-state index contributed by atoms with van der Waals surface area (Å²) in [5, 5.41) is 8.84. The van der Waals surface area contributed by atoms with Crippen molar-refractivity contribution < 1.29 is 14.6 Å². The fourth-order valence-corrected chi connectivity index (χ4v) is 2.22. The molecule has 116 valence electrons. The molecule has 0 atom stereocenters. The lowest BCUT2D eigenvalue weighted by Crippen LogP contribution is -2.26. The highest BCUT2D eigenvalue weighted by molar-refractivity contribution is 5.67. The van der Waals surface area contributed by atoms with Crippen molar-refractivity contribution in [3.05, 3.63) is 54.6 Å². The van der Waals surface area contributed by atoms with Gasteiger partial charge in [0.15, 0.2) is 0 Å². The lowest BCUT2D eigenvalue weighted by atomic mass is 10.2. The quantitative estimate of drug-likeness (QED) is 0.794. The Balaban J connectivity index is 2.03. The fourth-order valence-electron chi connectivity index (χ4n) is 2.22. The number of hydrogen-bond donors (Lipinski definition) is 1. The molecular weight excluding hydrogens is 278 g/mol. The molecule has 0 fully saturated rings. The molecule has 1 N–H and O–H groups in total. The van der Waals surface area contributed by atoms with Crippen LogP contribution in [0.1, 0.15) is 19.8 Å². The third kappa shape index (κ3) is 4.81. The van der Waals surface area contributed by atoms with E-state index >= 15 is 0 Å². The van der Waals surface area contributed by atoms with Crippen molar-refractivity contribution in [2.45, 2.75) is 19.8 Å². The third-order valence-corrected chi connectivity index (χ3v) is 3.27. The first-order valence-corrected chi connectivity index (χ1v) is 7.48. The molecule has 4 nitrogen and oxygen atoms in total. The predicted molar refractivity (Wildman–Crippen MR) is 87.7 cm³/mol. The standard InChI is InChI=1S/C18H21NO3/c1-2-13-19(14-12-18(20)21)15-8-10-17(11-9-15)22-16-6-4-3-5-7-16/h3-11H,2,12-14H2,1H3,(H,20,21). The summed E-state index contributed by atoms with van der Waals surface area (Å²) >= 11 is 0. The number of carboxylic acids is 1. The molecule has 0 heterocycles. The van der Waals surface area contributed by atoms with Crippen LogP contribution in [0.25, 0.3) is 0 Å². The maximum Gasteiger partial charge on any atom is 0.305 e. The Hall–Kier alpha value is -2.49. The molecule has 0 spiro atoms. The van der Waals surface area contributed by atoms with E-state index in [1.807, 2.05) is 54.6 Å². The molecule has 4 heteroatoms. The zero-order valence-electron chi connectivity index (χ0n) is 12.7. The van der Waals surface area contributed by atoms with Gasteiger partial charge in [0, 0.05) is 18.8 Å². The highest BCUT2D eigenvalue weighted by Gasteiger charge is 2.08. The first-order valence-electron chi connectivity index (χ1n) is 7.48. The number of carboxylic acid groups (broad SMARTS) is 1. The molecule has 0 amide bonds. The first kappa shape index (κ1) is 15.9. The number of carbonyl (C=O) groups is 1. The number of benzene rings is 2. The molecule has 0 unspecified atom stereocenters. The van der Waals surface area contributed by atoms with E-state index in [0.717, 1.165) is 30.2 Å². The van der Waals surface area contributed by atoms with Gasteiger partial charge in [-0.3, -0.25) is 4.79 Å². The second-order valence-electron chi connectivity index (χ2n) is 5.04. The zero-order chi connectivity index (χ0) is 15.8. The van der Waals surface area contributed by atoms with Crippen molar-refractivity contribution in [3.63, 3.8) is 0 Å². The van der Waals surface area contributed by atoms with E-state index in [1.165, 1.54) is 0 Å². The van der Waals surface area contributed by atoms with Crippen LogP contribution in [0.15, 0.2) is 54.6 Å². The minimum atomic E-state index is -0.773. The smallest absolute Gasteiger partial charge is 0.305 e. The Morgan fingerprint density at radius 1 is 1.00 bits per heavy atom. The van der Waals surface area contributed by atoms with Crippen LogP contribution >= 0.6 is 0 Å². The molecule has 0 aromatic heterocycles. The van der Waals surface area contributed by atoms with Crippen molar-refractivity contribution in [3.8, 4) is 11.5 Å². The van der Waals surface area contributed by atoms with Crippen LogP contribution in [0, 0.1) is 0 Å². The highest BCUT2D eigenvalue weighted by atomic mass is 16.5. The summed E-state index contributed by atoms with van der Waals surface area (Å²) in [6, 6.07) is 17.4. The molecule has 2 aromatic carbocycles. The molecule has 0 radical (unpaired) electrons. The number of para-hydroxylation sites is 1. The second kappa shape index (κ2) is 8.08. The van der Waals surface area contributed by atoms with Crippen molar-refractivity contribution in [1.29, 1.82) is 0 Å². The van der Waals surface area contributed by atoms with E-state index in [0.29, 0.717) is 6.54 Å². The Labute approximate surface area is 131 Å². The van der Waals surface area contributed by atoms with Crippen LogP contribution in [0.4, 0.5) is 5.69 Å². The summed E-state index contributed by atoms with van der Waals surface area (Å²) in [5.41, 5.74) is 1.02. The van der Waals surface area contributed by atoms with Crippen molar-refractivity contribution in [1.82, 2.24) is 0 Å². The van der Waals surface area contributed by atoms with Gasteiger partial charge in [0.2, 0.25) is 0 Å². The van der Waals surface area contributed by atoms with Crippen molar-refractivity contribution >= 4 is 11.7 Å². The fraction of sp³-hybridized carbons (Fsp3) is 0.278. The molecule has 2 aromatic rings. The molecule has 2 rings (SSSR count). The normalized spacial score (nSPS) is 10.2. The van der Waals surface area contributed by atoms with Gasteiger partial charge in [-0.1, -0.05) is 25.1 Å². The van der Waals surface area contributed by atoms with Gasteiger partial charge in [0.25, 0.3) is 0 Å². The van der Waals surface area contributed by atoms with Crippen LogP contribution in [-0.4, -0.2) is 24.2 Å². The summed E-state index contributed by atoms with van der Waals surface area (Å²) in [5.74, 6) is 0.793. The molecule has 0 saturated carbocycles. The van der Waals surface area contributed by atoms with E-state index in [4.69, 9.17) is 9.84 Å². The molecule has 22 heavy (non-hydrogen) atoms. The third-order valence-electron chi connectivity index (χ3n) is 3.27. The summed E-state index contributed by atoms with van der Waals surface area (Å²) < 4.78 is 5.76. The van der Waals surface area contributed by atoms with Crippen LogP contribution < -0.4 is 9.64 Å². The Bertz CT molecular complexity index is 581. The van der Waals surface area contributed by atoms with Gasteiger partial charge in [0.05, 0.1) is 6.42 Å². The lowest BCUT2D eigenvalue weighted by Gasteiger charge is -2.23. The minimum Gasteiger partial charge on any atom is -0.481 e. The van der Waals surface area contributed by atoms with E-state index in [-0.39, 0.29) is 6.42 Å². The number of nitrogens with zero attached hydrogens (tertiary/aromatic N) is 1. The average molecular weight is 299 g/mol. The molecule has 0 bridgehead atoms. The van der Waals surface area contributed by atoms with E-state index in [9.17, 15) is 4.79 Å². The summed E-state index contributed by atoms with van der Waals surface area (Å²) in [4.78, 5) is 12.8. The largest absolute Gasteiger partial charge is 0.481 e. The molecule has 0 aliphatic carbocycles. The zero-order valence-corrected chi connectivity index (χ0v) is 12.7. The Kier molecular flexibility index (Phi) is 5.83. The minimum absolute atomic E-state index is 0.141. The van der Waals surface area contributed by atoms with Gasteiger partial charge in [-0.25, -0.2) is 0 Å². The van der Waals surface area contributed by atoms with Gasteiger partial charge in [-0.15, -0.1) is 0 Å². The van der Waals surface area contributed by atoms with Crippen LogP contribution in [-0.2, 0) is 4.79 Å². The van der Waals surface area contributed by atoms with Crippen LogP contribution in [0.3, 0.4) is 0 Å². The topological polar surface area (TPSA) is 49.8 Å². The van der Waals surface area contributed by atoms with Crippen molar-refractivity contribution in [2.75, 3.05) is 18.0 Å². The molecule has 0 aliphatic rings. The number of hydrogen-bond acceptors (Lipinski definition) is 3. The first-order chi connectivity index (χ1) is 10.7. The number of aliphatic carboxylic acids is 1. The van der Waals surface area contributed by atoms with Crippen molar-refractivity contribution in [2.24, 2.45) is 0 Å². The van der Waals surface area contributed by atoms with Crippen LogP contribution in [0.2, 0.25) is 0 Å². The summed E-state index contributed by atoms with van der Waals surface area (Å²) in [6.45, 7) is 3.44. The molecule has 0 saturated heterocycles. The molecule has 0 aliphatic heterocycles. The summed E-state index contributed by atoms with van der Waals surface area (Å²) in [6.07, 6.45) is 1.12. The maximum atomic E-state index is 10.7. The monoisotopic (exact) mass is 299 g/mol. The maximum absolute atomic E-state index is 10.7. The van der Waals surface area contributed by atoms with Gasteiger partial charge in [-0.05, 0) is 42.8 Å². The van der Waals surface area contributed by atoms with E-state index < -0.39 is 5.97 Å². The SMILES string of the molecule is CCCN(CCC(=O)O)c1ccc(Oc2ccccc2)cc1. The average Bonchev–Trinajstić information content (AvgIpc) is 2.53.